The molecule has 14 heavy (non-hydrogen) atoms. The zero-order valence-corrected chi connectivity index (χ0v) is 10.8. The van der Waals surface area contributed by atoms with Gasteiger partial charge in [-0.3, -0.25) is 0 Å². The van der Waals surface area contributed by atoms with Crippen LogP contribution < -0.4 is 5.32 Å². The molecule has 0 fully saturated rings. The Morgan fingerprint density at radius 2 is 2.14 bits per heavy atom. The maximum atomic E-state index is 5.94. The monoisotopic (exact) mass is 275 g/mol. The number of benzene rings is 1. The summed E-state index contributed by atoms with van der Waals surface area (Å²) in [5.74, 6) is 0. The zero-order chi connectivity index (χ0) is 10.6. The first-order valence-electron chi connectivity index (χ1n) is 4.80. The lowest BCUT2D eigenvalue weighted by atomic mass is 10.2. The Morgan fingerprint density at radius 3 is 2.71 bits per heavy atom. The number of rotatable bonds is 4. The summed E-state index contributed by atoms with van der Waals surface area (Å²) in [6.45, 7) is 5.22. The minimum atomic E-state index is 0.549. The molecule has 0 heterocycles. The lowest BCUT2D eigenvalue weighted by molar-refractivity contribution is 0.534. The normalized spacial score (nSPS) is 12.9. The van der Waals surface area contributed by atoms with Crippen molar-refractivity contribution in [1.82, 2.24) is 5.32 Å². The van der Waals surface area contributed by atoms with Gasteiger partial charge in [0.1, 0.15) is 0 Å². The largest absolute Gasteiger partial charge is 0.310 e. The molecule has 0 aromatic heterocycles. The van der Waals surface area contributed by atoms with E-state index in [1.807, 2.05) is 12.1 Å². The van der Waals surface area contributed by atoms with Crippen LogP contribution >= 0.6 is 27.5 Å². The van der Waals surface area contributed by atoms with Gasteiger partial charge in [-0.1, -0.05) is 34.5 Å². The predicted octanol–water partition coefficient (Wildman–Crippen LogP) is 3.99. The quantitative estimate of drug-likeness (QED) is 0.877. The highest BCUT2D eigenvalue weighted by molar-refractivity contribution is 9.10. The standard InChI is InChI=1S/C11H15BrClN/c1-3-8(2)14-7-9-4-10(12)6-11(13)5-9/h4-6,8,14H,3,7H2,1-2H3. The summed E-state index contributed by atoms with van der Waals surface area (Å²) in [4.78, 5) is 0. The first kappa shape index (κ1) is 12.0. The van der Waals surface area contributed by atoms with Crippen LogP contribution in [0.15, 0.2) is 22.7 Å². The van der Waals surface area contributed by atoms with E-state index in [1.54, 1.807) is 0 Å². The third kappa shape index (κ3) is 3.99. The van der Waals surface area contributed by atoms with Gasteiger partial charge < -0.3 is 5.32 Å². The zero-order valence-electron chi connectivity index (χ0n) is 8.48. The summed E-state index contributed by atoms with van der Waals surface area (Å²) >= 11 is 9.37. The van der Waals surface area contributed by atoms with E-state index in [-0.39, 0.29) is 0 Å². The van der Waals surface area contributed by atoms with E-state index in [1.165, 1.54) is 5.56 Å². The molecule has 1 rings (SSSR count). The molecule has 0 radical (unpaired) electrons. The molecular formula is C11H15BrClN. The Bertz CT molecular complexity index is 281. The first-order valence-corrected chi connectivity index (χ1v) is 5.97. The Hall–Kier alpha value is -0.0500. The van der Waals surface area contributed by atoms with Gasteiger partial charge in [-0.25, -0.2) is 0 Å². The van der Waals surface area contributed by atoms with Crippen molar-refractivity contribution in [2.75, 3.05) is 0 Å². The fourth-order valence-electron chi connectivity index (χ4n) is 1.15. The van der Waals surface area contributed by atoms with Crippen LogP contribution in [0.3, 0.4) is 0 Å². The van der Waals surface area contributed by atoms with Gasteiger partial charge in [-0.15, -0.1) is 0 Å². The van der Waals surface area contributed by atoms with Crippen molar-refractivity contribution in [2.24, 2.45) is 0 Å². The van der Waals surface area contributed by atoms with Crippen LogP contribution in [-0.4, -0.2) is 6.04 Å². The van der Waals surface area contributed by atoms with Crippen molar-refractivity contribution >= 4 is 27.5 Å². The van der Waals surface area contributed by atoms with E-state index in [0.717, 1.165) is 22.5 Å². The van der Waals surface area contributed by atoms with Crippen LogP contribution in [0.4, 0.5) is 0 Å². The smallest absolute Gasteiger partial charge is 0.0420 e. The summed E-state index contributed by atoms with van der Waals surface area (Å²) in [6.07, 6.45) is 1.14. The lowest BCUT2D eigenvalue weighted by Gasteiger charge is -2.11. The fourth-order valence-corrected chi connectivity index (χ4v) is 2.08. The molecule has 1 nitrogen and oxygen atoms in total. The molecule has 1 N–H and O–H groups in total. The molecule has 0 saturated carbocycles. The van der Waals surface area contributed by atoms with Crippen molar-refractivity contribution in [3.63, 3.8) is 0 Å². The Kier molecular flexibility index (Phi) is 4.93. The second-order valence-corrected chi connectivity index (χ2v) is 4.82. The molecule has 3 heteroatoms. The van der Waals surface area contributed by atoms with Crippen molar-refractivity contribution < 1.29 is 0 Å². The van der Waals surface area contributed by atoms with Gasteiger partial charge >= 0.3 is 0 Å². The number of halogens is 2. The minimum Gasteiger partial charge on any atom is -0.310 e. The molecule has 0 aliphatic carbocycles. The average molecular weight is 277 g/mol. The van der Waals surface area contributed by atoms with E-state index in [2.05, 4.69) is 41.2 Å². The Labute approximate surface area is 99.0 Å². The van der Waals surface area contributed by atoms with E-state index in [9.17, 15) is 0 Å². The molecule has 0 spiro atoms. The molecular weight excluding hydrogens is 261 g/mol. The average Bonchev–Trinajstić information content (AvgIpc) is 2.12. The third-order valence-electron chi connectivity index (χ3n) is 2.19. The number of hydrogen-bond donors (Lipinski definition) is 1. The summed E-state index contributed by atoms with van der Waals surface area (Å²) in [6, 6.07) is 6.52. The van der Waals surface area contributed by atoms with Gasteiger partial charge in [0.05, 0.1) is 0 Å². The van der Waals surface area contributed by atoms with Crippen LogP contribution in [-0.2, 0) is 6.54 Å². The topological polar surface area (TPSA) is 12.0 Å². The highest BCUT2D eigenvalue weighted by atomic mass is 79.9. The number of nitrogens with one attached hydrogen (secondary N) is 1. The summed E-state index contributed by atoms with van der Waals surface area (Å²) < 4.78 is 1.03. The van der Waals surface area contributed by atoms with Crippen molar-refractivity contribution in [3.05, 3.63) is 33.3 Å². The SMILES string of the molecule is CCC(C)NCc1cc(Cl)cc(Br)c1. The highest BCUT2D eigenvalue weighted by Crippen LogP contribution is 2.19. The van der Waals surface area contributed by atoms with Gasteiger partial charge in [0.2, 0.25) is 0 Å². The second-order valence-electron chi connectivity index (χ2n) is 3.47. The Morgan fingerprint density at radius 1 is 1.43 bits per heavy atom. The molecule has 78 valence electrons. The molecule has 1 aromatic carbocycles. The van der Waals surface area contributed by atoms with Crippen LogP contribution in [0.1, 0.15) is 25.8 Å². The van der Waals surface area contributed by atoms with E-state index in [0.29, 0.717) is 6.04 Å². The van der Waals surface area contributed by atoms with E-state index >= 15 is 0 Å². The molecule has 0 aliphatic heterocycles. The first-order chi connectivity index (χ1) is 6.61. The molecule has 1 unspecified atom stereocenters. The predicted molar refractivity (Wildman–Crippen MR) is 65.7 cm³/mol. The molecule has 1 aromatic rings. The van der Waals surface area contributed by atoms with Gasteiger partial charge in [0.25, 0.3) is 0 Å². The molecule has 0 aliphatic rings. The van der Waals surface area contributed by atoms with Gasteiger partial charge in [-0.2, -0.15) is 0 Å². The molecule has 0 saturated heterocycles. The van der Waals surface area contributed by atoms with Gasteiger partial charge in [-0.05, 0) is 37.1 Å². The number of hydrogen-bond acceptors (Lipinski definition) is 1. The van der Waals surface area contributed by atoms with E-state index in [4.69, 9.17) is 11.6 Å². The summed E-state index contributed by atoms with van der Waals surface area (Å²) in [5.41, 5.74) is 1.21. The summed E-state index contributed by atoms with van der Waals surface area (Å²) in [7, 11) is 0. The fraction of sp³-hybridized carbons (Fsp3) is 0.455. The third-order valence-corrected chi connectivity index (χ3v) is 2.87. The Balaban J connectivity index is 2.58. The maximum absolute atomic E-state index is 5.94. The summed E-state index contributed by atoms with van der Waals surface area (Å²) in [5, 5.41) is 4.20. The van der Waals surface area contributed by atoms with E-state index < -0.39 is 0 Å². The van der Waals surface area contributed by atoms with Crippen LogP contribution in [0.2, 0.25) is 5.02 Å². The molecule has 0 amide bonds. The van der Waals surface area contributed by atoms with Crippen molar-refractivity contribution in [1.29, 1.82) is 0 Å². The van der Waals surface area contributed by atoms with Crippen LogP contribution in [0, 0.1) is 0 Å². The van der Waals surface area contributed by atoms with Crippen molar-refractivity contribution in [3.8, 4) is 0 Å². The van der Waals surface area contributed by atoms with Crippen LogP contribution in [0.5, 0.6) is 0 Å². The molecule has 0 bridgehead atoms. The maximum Gasteiger partial charge on any atom is 0.0420 e. The second kappa shape index (κ2) is 5.74. The van der Waals surface area contributed by atoms with Gasteiger partial charge in [0.15, 0.2) is 0 Å². The van der Waals surface area contributed by atoms with Crippen LogP contribution in [0.25, 0.3) is 0 Å². The molecule has 1 atom stereocenters. The lowest BCUT2D eigenvalue weighted by Crippen LogP contribution is -2.24. The minimum absolute atomic E-state index is 0.549. The highest BCUT2D eigenvalue weighted by Gasteiger charge is 2.00. The van der Waals surface area contributed by atoms with Gasteiger partial charge in [0, 0.05) is 22.1 Å². The van der Waals surface area contributed by atoms with Crippen molar-refractivity contribution in [2.45, 2.75) is 32.9 Å².